The third kappa shape index (κ3) is 2.74. The van der Waals surface area contributed by atoms with Crippen molar-refractivity contribution in [3.05, 3.63) is 57.0 Å². The Morgan fingerprint density at radius 1 is 1.35 bits per heavy atom. The molecule has 0 saturated carbocycles. The molecule has 88 valence electrons. The molecule has 0 bridgehead atoms. The molecule has 5 heteroatoms. The van der Waals surface area contributed by atoms with E-state index in [1.807, 2.05) is 30.3 Å². The summed E-state index contributed by atoms with van der Waals surface area (Å²) in [6.45, 7) is 0.497. The summed E-state index contributed by atoms with van der Waals surface area (Å²) in [7, 11) is 1.43. The fourth-order valence-electron chi connectivity index (χ4n) is 1.51. The third-order valence-corrected chi connectivity index (χ3v) is 2.69. The van der Waals surface area contributed by atoms with E-state index in [9.17, 15) is 4.79 Å². The van der Waals surface area contributed by atoms with Crippen molar-refractivity contribution in [1.82, 2.24) is 9.55 Å². The molecule has 17 heavy (non-hydrogen) atoms. The molecule has 2 rings (SSSR count). The van der Waals surface area contributed by atoms with Crippen LogP contribution in [0.25, 0.3) is 0 Å². The van der Waals surface area contributed by atoms with Gasteiger partial charge in [-0.2, -0.15) is 4.98 Å². The molecule has 0 aliphatic carbocycles. The van der Waals surface area contributed by atoms with Gasteiger partial charge in [-0.25, -0.2) is 0 Å². The van der Waals surface area contributed by atoms with Gasteiger partial charge in [0.05, 0.1) is 13.7 Å². The standard InChI is InChI=1S/C12H11BrN2O2/c1-17-11-12(16)15(8-10(13)14-11)7-9-5-3-2-4-6-9/h2-6,8H,7H2,1H3. The normalized spacial score (nSPS) is 10.2. The van der Waals surface area contributed by atoms with Gasteiger partial charge in [0.25, 0.3) is 5.88 Å². The van der Waals surface area contributed by atoms with Crippen molar-refractivity contribution in [3.63, 3.8) is 0 Å². The van der Waals surface area contributed by atoms with Crippen molar-refractivity contribution >= 4 is 15.9 Å². The Hall–Kier alpha value is -1.62. The van der Waals surface area contributed by atoms with Gasteiger partial charge >= 0.3 is 5.56 Å². The molecular formula is C12H11BrN2O2. The Morgan fingerprint density at radius 3 is 2.71 bits per heavy atom. The lowest BCUT2D eigenvalue weighted by molar-refractivity contribution is 0.384. The van der Waals surface area contributed by atoms with Crippen molar-refractivity contribution in [1.29, 1.82) is 0 Å². The molecule has 1 aromatic carbocycles. The lowest BCUT2D eigenvalue weighted by Crippen LogP contribution is -2.22. The lowest BCUT2D eigenvalue weighted by atomic mass is 10.2. The highest BCUT2D eigenvalue weighted by Crippen LogP contribution is 2.09. The molecule has 0 spiro atoms. The molecule has 0 N–H and O–H groups in total. The molecule has 2 aromatic rings. The average Bonchev–Trinajstić information content (AvgIpc) is 2.34. The molecule has 1 heterocycles. The van der Waals surface area contributed by atoms with Gasteiger partial charge in [-0.3, -0.25) is 4.79 Å². The second-order valence-electron chi connectivity index (χ2n) is 3.49. The Bertz CT molecular complexity index is 566. The van der Waals surface area contributed by atoms with E-state index in [2.05, 4.69) is 20.9 Å². The number of ether oxygens (including phenoxy) is 1. The van der Waals surface area contributed by atoms with E-state index in [0.717, 1.165) is 5.56 Å². The van der Waals surface area contributed by atoms with Crippen molar-refractivity contribution in [2.45, 2.75) is 6.54 Å². The van der Waals surface area contributed by atoms with Crippen LogP contribution in [0.5, 0.6) is 5.88 Å². The first kappa shape index (κ1) is 11.9. The molecule has 0 unspecified atom stereocenters. The van der Waals surface area contributed by atoms with Crippen molar-refractivity contribution in [2.75, 3.05) is 7.11 Å². The van der Waals surface area contributed by atoms with E-state index < -0.39 is 0 Å². The second kappa shape index (κ2) is 5.14. The van der Waals surface area contributed by atoms with Gasteiger partial charge in [0, 0.05) is 6.20 Å². The summed E-state index contributed by atoms with van der Waals surface area (Å²) in [4.78, 5) is 15.9. The van der Waals surface area contributed by atoms with Crippen LogP contribution in [0, 0.1) is 0 Å². The maximum Gasteiger partial charge on any atom is 0.313 e. The van der Waals surface area contributed by atoms with Crippen molar-refractivity contribution < 1.29 is 4.74 Å². The van der Waals surface area contributed by atoms with Gasteiger partial charge in [0.2, 0.25) is 0 Å². The zero-order valence-corrected chi connectivity index (χ0v) is 10.8. The predicted molar refractivity (Wildman–Crippen MR) is 68.3 cm³/mol. The molecule has 0 saturated heterocycles. The highest BCUT2D eigenvalue weighted by atomic mass is 79.9. The monoisotopic (exact) mass is 294 g/mol. The Balaban J connectivity index is 2.40. The molecule has 4 nitrogen and oxygen atoms in total. The average molecular weight is 295 g/mol. The highest BCUT2D eigenvalue weighted by Gasteiger charge is 2.07. The summed E-state index contributed by atoms with van der Waals surface area (Å²) >= 11 is 3.25. The SMILES string of the molecule is COc1nc(Br)cn(Cc2ccccc2)c1=O. The van der Waals surface area contributed by atoms with Crippen LogP contribution in [-0.4, -0.2) is 16.7 Å². The smallest absolute Gasteiger partial charge is 0.313 e. The minimum atomic E-state index is -0.237. The molecule has 1 aromatic heterocycles. The van der Waals surface area contributed by atoms with Crippen LogP contribution in [0.1, 0.15) is 5.56 Å². The summed E-state index contributed by atoms with van der Waals surface area (Å²) in [5, 5.41) is 0. The van der Waals surface area contributed by atoms with Crippen LogP contribution < -0.4 is 10.3 Å². The molecular weight excluding hydrogens is 284 g/mol. The highest BCUT2D eigenvalue weighted by molar-refractivity contribution is 9.10. The van der Waals surface area contributed by atoms with E-state index in [0.29, 0.717) is 11.1 Å². The molecule has 0 radical (unpaired) electrons. The number of rotatable bonds is 3. The van der Waals surface area contributed by atoms with Crippen LogP contribution in [0.4, 0.5) is 0 Å². The van der Waals surface area contributed by atoms with Crippen LogP contribution in [0.2, 0.25) is 0 Å². The van der Waals surface area contributed by atoms with E-state index in [-0.39, 0.29) is 11.4 Å². The van der Waals surface area contributed by atoms with E-state index in [1.54, 1.807) is 10.8 Å². The first-order valence-electron chi connectivity index (χ1n) is 5.05. The number of aromatic nitrogens is 2. The van der Waals surface area contributed by atoms with E-state index in [4.69, 9.17) is 4.74 Å². The number of benzene rings is 1. The van der Waals surface area contributed by atoms with Crippen LogP contribution in [0.15, 0.2) is 45.9 Å². The van der Waals surface area contributed by atoms with Gasteiger partial charge < -0.3 is 9.30 Å². The van der Waals surface area contributed by atoms with Crippen LogP contribution >= 0.6 is 15.9 Å². The van der Waals surface area contributed by atoms with Gasteiger partial charge in [0.1, 0.15) is 4.60 Å². The first-order chi connectivity index (χ1) is 8.20. The van der Waals surface area contributed by atoms with E-state index >= 15 is 0 Å². The molecule has 0 atom stereocenters. The van der Waals surface area contributed by atoms with Crippen molar-refractivity contribution in [3.8, 4) is 5.88 Å². The minimum Gasteiger partial charge on any atom is -0.477 e. The Kier molecular flexibility index (Phi) is 3.58. The topological polar surface area (TPSA) is 44.1 Å². The van der Waals surface area contributed by atoms with Gasteiger partial charge in [0.15, 0.2) is 0 Å². The molecule has 0 amide bonds. The van der Waals surface area contributed by atoms with Gasteiger partial charge in [-0.05, 0) is 21.5 Å². The van der Waals surface area contributed by atoms with Gasteiger partial charge in [-0.1, -0.05) is 30.3 Å². The van der Waals surface area contributed by atoms with Crippen molar-refractivity contribution in [2.24, 2.45) is 0 Å². The predicted octanol–water partition coefficient (Wildman–Crippen LogP) is 2.06. The Labute approximate surface area is 107 Å². The molecule has 0 fully saturated rings. The number of methoxy groups -OCH3 is 1. The quantitative estimate of drug-likeness (QED) is 0.870. The molecule has 0 aliphatic heterocycles. The second-order valence-corrected chi connectivity index (χ2v) is 4.30. The van der Waals surface area contributed by atoms with Crippen LogP contribution in [-0.2, 0) is 6.54 Å². The molecule has 0 aliphatic rings. The summed E-state index contributed by atoms with van der Waals surface area (Å²) in [5.41, 5.74) is 0.814. The summed E-state index contributed by atoms with van der Waals surface area (Å²) < 4.78 is 7.06. The fourth-order valence-corrected chi connectivity index (χ4v) is 1.92. The third-order valence-electron chi connectivity index (χ3n) is 2.30. The van der Waals surface area contributed by atoms with Crippen LogP contribution in [0.3, 0.4) is 0 Å². The first-order valence-corrected chi connectivity index (χ1v) is 5.85. The number of halogens is 1. The zero-order chi connectivity index (χ0) is 12.3. The maximum absolute atomic E-state index is 11.9. The lowest BCUT2D eigenvalue weighted by Gasteiger charge is -2.07. The number of hydrogen-bond donors (Lipinski definition) is 0. The largest absolute Gasteiger partial charge is 0.477 e. The summed E-state index contributed by atoms with van der Waals surface area (Å²) in [5.74, 6) is 0.0929. The Morgan fingerprint density at radius 2 is 2.06 bits per heavy atom. The fraction of sp³-hybridized carbons (Fsp3) is 0.167. The summed E-state index contributed by atoms with van der Waals surface area (Å²) in [6.07, 6.45) is 1.65. The van der Waals surface area contributed by atoms with Gasteiger partial charge in [-0.15, -0.1) is 0 Å². The minimum absolute atomic E-state index is 0.0929. The maximum atomic E-state index is 11.9. The number of hydrogen-bond acceptors (Lipinski definition) is 3. The van der Waals surface area contributed by atoms with E-state index in [1.165, 1.54) is 7.11 Å². The zero-order valence-electron chi connectivity index (χ0n) is 9.26. The number of nitrogens with zero attached hydrogens (tertiary/aromatic N) is 2. The summed E-state index contributed by atoms with van der Waals surface area (Å²) in [6, 6.07) is 9.75.